The SMILES string of the molecule is C[C@H](O)CONC(=O)c1sc2c(F)cc(=O)n(C)c2c1Nc1ccc(Br)cc1Cl. The van der Waals surface area contributed by atoms with Gasteiger partial charge in [0.2, 0.25) is 0 Å². The van der Waals surface area contributed by atoms with Crippen LogP contribution in [0.2, 0.25) is 5.02 Å². The third kappa shape index (κ3) is 4.62. The van der Waals surface area contributed by atoms with Gasteiger partial charge in [-0.3, -0.25) is 14.4 Å². The van der Waals surface area contributed by atoms with Crippen LogP contribution in [0, 0.1) is 5.82 Å². The second kappa shape index (κ2) is 8.80. The largest absolute Gasteiger partial charge is 0.391 e. The van der Waals surface area contributed by atoms with Crippen molar-refractivity contribution in [2.24, 2.45) is 7.05 Å². The van der Waals surface area contributed by atoms with Crippen molar-refractivity contribution < 1.29 is 19.1 Å². The summed E-state index contributed by atoms with van der Waals surface area (Å²) < 4.78 is 16.6. The molecule has 29 heavy (non-hydrogen) atoms. The average Bonchev–Trinajstić information content (AvgIpc) is 3.02. The van der Waals surface area contributed by atoms with Crippen LogP contribution in [0.4, 0.5) is 15.8 Å². The van der Waals surface area contributed by atoms with Crippen molar-refractivity contribution in [3.63, 3.8) is 0 Å². The Morgan fingerprint density at radius 1 is 1.45 bits per heavy atom. The quantitative estimate of drug-likeness (QED) is 0.442. The number of benzene rings is 1. The Morgan fingerprint density at radius 3 is 2.83 bits per heavy atom. The molecule has 0 spiro atoms. The molecule has 0 unspecified atom stereocenters. The number of hydroxylamine groups is 1. The predicted molar refractivity (Wildman–Crippen MR) is 115 cm³/mol. The Morgan fingerprint density at radius 2 is 2.17 bits per heavy atom. The van der Waals surface area contributed by atoms with Crippen LogP contribution in [-0.4, -0.2) is 28.3 Å². The Labute approximate surface area is 182 Å². The molecular weight excluding hydrogens is 489 g/mol. The van der Waals surface area contributed by atoms with Gasteiger partial charge in [-0.2, -0.15) is 0 Å². The second-order valence-electron chi connectivity index (χ2n) is 6.21. The lowest BCUT2D eigenvalue weighted by Crippen LogP contribution is -2.27. The van der Waals surface area contributed by atoms with Gasteiger partial charge in [-0.1, -0.05) is 27.5 Å². The monoisotopic (exact) mass is 503 g/mol. The zero-order chi connectivity index (χ0) is 21.3. The van der Waals surface area contributed by atoms with Crippen LogP contribution in [0.3, 0.4) is 0 Å². The third-order valence-electron chi connectivity index (χ3n) is 3.90. The maximum atomic E-state index is 14.5. The number of anilines is 2. The van der Waals surface area contributed by atoms with E-state index in [0.29, 0.717) is 10.7 Å². The molecule has 3 aromatic rings. The minimum atomic E-state index is -0.782. The van der Waals surface area contributed by atoms with Crippen molar-refractivity contribution in [2.45, 2.75) is 13.0 Å². The minimum Gasteiger partial charge on any atom is -0.391 e. The van der Waals surface area contributed by atoms with E-state index in [1.54, 1.807) is 18.2 Å². The Bertz CT molecular complexity index is 1150. The summed E-state index contributed by atoms with van der Waals surface area (Å²) in [5.74, 6) is -1.39. The van der Waals surface area contributed by atoms with Crippen molar-refractivity contribution in [3.8, 4) is 0 Å². The van der Waals surface area contributed by atoms with E-state index in [0.717, 1.165) is 21.9 Å². The first kappa shape index (κ1) is 21.7. The summed E-state index contributed by atoms with van der Waals surface area (Å²) in [5.41, 5.74) is 2.56. The number of halogens is 3. The molecule has 1 amide bonds. The van der Waals surface area contributed by atoms with Crippen LogP contribution in [0.15, 0.2) is 33.5 Å². The first-order valence-corrected chi connectivity index (χ1v) is 10.3. The van der Waals surface area contributed by atoms with Crippen LogP contribution in [0.25, 0.3) is 10.2 Å². The second-order valence-corrected chi connectivity index (χ2v) is 8.56. The number of fused-ring (bicyclic) bond motifs is 1. The zero-order valence-corrected chi connectivity index (χ0v) is 18.4. The molecule has 7 nitrogen and oxygen atoms in total. The fourth-order valence-corrected chi connectivity index (χ4v) is 4.36. The Kier molecular flexibility index (Phi) is 6.59. The third-order valence-corrected chi connectivity index (χ3v) is 5.89. The summed E-state index contributed by atoms with van der Waals surface area (Å²) in [7, 11) is 1.48. The summed E-state index contributed by atoms with van der Waals surface area (Å²) in [5, 5.41) is 12.7. The number of pyridine rings is 1. The highest BCUT2D eigenvalue weighted by Crippen LogP contribution is 2.39. The van der Waals surface area contributed by atoms with Gasteiger partial charge in [-0.15, -0.1) is 11.3 Å². The lowest BCUT2D eigenvalue weighted by molar-refractivity contribution is -0.00661. The molecule has 0 aliphatic rings. The van der Waals surface area contributed by atoms with Gasteiger partial charge >= 0.3 is 0 Å². The normalized spacial score (nSPS) is 12.2. The number of carbonyl (C=O) groups excluding carboxylic acids is 1. The van der Waals surface area contributed by atoms with Gasteiger partial charge in [-0.25, -0.2) is 9.87 Å². The number of aryl methyl sites for hydroxylation is 1. The van der Waals surface area contributed by atoms with E-state index in [4.69, 9.17) is 16.4 Å². The van der Waals surface area contributed by atoms with Crippen molar-refractivity contribution in [1.29, 1.82) is 0 Å². The van der Waals surface area contributed by atoms with Crippen LogP contribution in [-0.2, 0) is 11.9 Å². The van der Waals surface area contributed by atoms with Gasteiger partial charge in [0.05, 0.1) is 32.7 Å². The molecule has 154 valence electrons. The fourth-order valence-electron chi connectivity index (χ4n) is 2.56. The average molecular weight is 505 g/mol. The van der Waals surface area contributed by atoms with E-state index >= 15 is 0 Å². The van der Waals surface area contributed by atoms with Crippen molar-refractivity contribution in [3.05, 3.63) is 54.8 Å². The highest BCUT2D eigenvalue weighted by Gasteiger charge is 2.24. The topological polar surface area (TPSA) is 92.6 Å². The van der Waals surface area contributed by atoms with Gasteiger partial charge in [0, 0.05) is 17.6 Å². The van der Waals surface area contributed by atoms with E-state index in [2.05, 4.69) is 26.7 Å². The number of hydrogen-bond donors (Lipinski definition) is 3. The van der Waals surface area contributed by atoms with Gasteiger partial charge < -0.3 is 15.0 Å². The molecule has 3 rings (SSSR count). The van der Waals surface area contributed by atoms with Crippen molar-refractivity contribution >= 4 is 66.4 Å². The molecule has 0 bridgehead atoms. The Hall–Kier alpha value is -1.98. The summed E-state index contributed by atoms with van der Waals surface area (Å²) >= 11 is 10.4. The molecule has 0 aliphatic heterocycles. The van der Waals surface area contributed by atoms with E-state index in [9.17, 15) is 19.1 Å². The van der Waals surface area contributed by atoms with Crippen LogP contribution >= 0.6 is 38.9 Å². The van der Waals surface area contributed by atoms with Crippen LogP contribution in [0.1, 0.15) is 16.6 Å². The molecule has 3 N–H and O–H groups in total. The summed E-state index contributed by atoms with van der Waals surface area (Å²) in [6.07, 6.45) is -0.782. The molecular formula is C18H16BrClFN3O4S. The van der Waals surface area contributed by atoms with E-state index < -0.39 is 23.4 Å². The number of thiophene rings is 1. The highest BCUT2D eigenvalue weighted by atomic mass is 79.9. The maximum absolute atomic E-state index is 14.5. The maximum Gasteiger partial charge on any atom is 0.287 e. The van der Waals surface area contributed by atoms with E-state index in [1.165, 1.54) is 18.5 Å². The number of nitrogens with one attached hydrogen (secondary N) is 2. The number of aliphatic hydroxyl groups is 1. The molecule has 0 saturated heterocycles. The molecule has 11 heteroatoms. The number of aromatic nitrogens is 1. The predicted octanol–water partition coefficient (Wildman–Crippen LogP) is 3.94. The first-order chi connectivity index (χ1) is 13.7. The molecule has 1 atom stereocenters. The van der Waals surface area contributed by atoms with Crippen LogP contribution < -0.4 is 16.4 Å². The zero-order valence-electron chi connectivity index (χ0n) is 15.3. The number of carbonyl (C=O) groups is 1. The van der Waals surface area contributed by atoms with E-state index in [1.807, 2.05) is 0 Å². The summed E-state index contributed by atoms with van der Waals surface area (Å²) in [6, 6.07) is 5.94. The summed E-state index contributed by atoms with van der Waals surface area (Å²) in [6.45, 7) is 1.38. The van der Waals surface area contributed by atoms with Gasteiger partial charge in [0.25, 0.3) is 11.5 Å². The lowest BCUT2D eigenvalue weighted by atomic mass is 10.2. The first-order valence-electron chi connectivity index (χ1n) is 8.33. The number of rotatable bonds is 6. The molecule has 2 aromatic heterocycles. The molecule has 0 radical (unpaired) electrons. The number of hydrogen-bond acceptors (Lipinski definition) is 6. The van der Waals surface area contributed by atoms with Crippen molar-refractivity contribution in [2.75, 3.05) is 11.9 Å². The van der Waals surface area contributed by atoms with Gasteiger partial charge in [0.1, 0.15) is 17.3 Å². The number of amides is 1. The number of aliphatic hydroxyl groups excluding tert-OH is 1. The van der Waals surface area contributed by atoms with Crippen molar-refractivity contribution in [1.82, 2.24) is 10.0 Å². The van der Waals surface area contributed by atoms with Gasteiger partial charge in [-0.05, 0) is 25.1 Å². The molecule has 0 aliphatic carbocycles. The molecule has 0 saturated carbocycles. The molecule has 1 aromatic carbocycles. The number of nitrogens with zero attached hydrogens (tertiary/aromatic N) is 1. The highest BCUT2D eigenvalue weighted by molar-refractivity contribution is 9.10. The summed E-state index contributed by atoms with van der Waals surface area (Å²) in [4.78, 5) is 29.8. The molecule has 0 fully saturated rings. The van der Waals surface area contributed by atoms with E-state index in [-0.39, 0.29) is 27.4 Å². The smallest absolute Gasteiger partial charge is 0.287 e. The lowest BCUT2D eigenvalue weighted by Gasteiger charge is -2.12. The fraction of sp³-hybridized carbons (Fsp3) is 0.222. The molecule has 2 heterocycles. The van der Waals surface area contributed by atoms with Crippen LogP contribution in [0.5, 0.6) is 0 Å². The minimum absolute atomic E-state index is 0.0877. The Balaban J connectivity index is 2.13. The standard InChI is InChI=1S/C18H16BrClFN3O4S/c1-8(25)7-28-23-18(27)17-14(22-12-4-3-9(19)5-10(12)20)15-16(29-17)11(21)6-13(26)24(15)2/h3-6,8,22,25H,7H2,1-2H3,(H,23,27)/t8-/m0/s1. The van der Waals surface area contributed by atoms with Gasteiger partial charge in [0.15, 0.2) is 0 Å².